The molecule has 1 amide bonds. The van der Waals surface area contributed by atoms with E-state index in [0.29, 0.717) is 40.8 Å². The molecule has 0 radical (unpaired) electrons. The summed E-state index contributed by atoms with van der Waals surface area (Å²) in [5.74, 6) is -0.680. The number of ether oxygens (including phenoxy) is 1. The molecule has 1 aromatic carbocycles. The highest BCUT2D eigenvalue weighted by atomic mass is 35.5. The molecule has 1 saturated heterocycles. The predicted octanol–water partition coefficient (Wildman–Crippen LogP) is 2.71. The minimum absolute atomic E-state index is 0.00575. The number of nitrogens with zero attached hydrogens (tertiary/aromatic N) is 5. The average molecular weight is 451 g/mol. The van der Waals surface area contributed by atoms with Gasteiger partial charge in [-0.2, -0.15) is 4.68 Å². The van der Waals surface area contributed by atoms with Crippen molar-refractivity contribution in [1.29, 1.82) is 0 Å². The smallest absolute Gasteiger partial charge is 0.263 e. The van der Waals surface area contributed by atoms with Crippen LogP contribution in [0.15, 0.2) is 36.0 Å². The summed E-state index contributed by atoms with van der Waals surface area (Å²) >= 11 is 7.64. The van der Waals surface area contributed by atoms with Crippen molar-refractivity contribution in [2.24, 2.45) is 0 Å². The maximum atomic E-state index is 14.7. The van der Waals surface area contributed by atoms with Gasteiger partial charge in [0.05, 0.1) is 24.4 Å². The van der Waals surface area contributed by atoms with E-state index in [4.69, 9.17) is 16.3 Å². The molecule has 0 aliphatic carbocycles. The predicted molar refractivity (Wildman–Crippen MR) is 111 cm³/mol. The third-order valence-corrected chi connectivity index (χ3v) is 6.18. The zero-order valence-electron chi connectivity index (χ0n) is 16.2. The van der Waals surface area contributed by atoms with E-state index in [9.17, 15) is 9.18 Å². The van der Waals surface area contributed by atoms with E-state index in [0.717, 1.165) is 0 Å². The lowest BCUT2D eigenvalue weighted by Gasteiger charge is -2.38. The molecule has 0 saturated carbocycles. The maximum absolute atomic E-state index is 14.7. The zero-order valence-corrected chi connectivity index (χ0v) is 17.7. The number of aromatic nitrogens is 4. The van der Waals surface area contributed by atoms with Gasteiger partial charge in [-0.05, 0) is 40.9 Å². The van der Waals surface area contributed by atoms with Gasteiger partial charge in [0, 0.05) is 30.2 Å². The number of carbonyl (C=O) groups is 1. The highest BCUT2D eigenvalue weighted by molar-refractivity contribution is 7.12. The number of amides is 1. The first-order chi connectivity index (χ1) is 14.5. The molecule has 3 heterocycles. The van der Waals surface area contributed by atoms with Crippen molar-refractivity contribution >= 4 is 28.8 Å². The average Bonchev–Trinajstić information content (AvgIpc) is 3.41. The van der Waals surface area contributed by atoms with Gasteiger partial charge >= 0.3 is 0 Å². The van der Waals surface area contributed by atoms with Crippen molar-refractivity contribution in [2.75, 3.05) is 26.2 Å². The number of halogens is 2. The first-order valence-electron chi connectivity index (χ1n) is 9.43. The topological polar surface area (TPSA) is 85.2 Å². The molecule has 0 bridgehead atoms. The van der Waals surface area contributed by atoms with Crippen LogP contribution in [0.3, 0.4) is 0 Å². The van der Waals surface area contributed by atoms with Gasteiger partial charge in [0.25, 0.3) is 5.91 Å². The fraction of sp³-hybridized carbons (Fsp3) is 0.368. The number of hydrogen-bond donors (Lipinski definition) is 1. The molecule has 4 rings (SSSR count). The van der Waals surface area contributed by atoms with Crippen molar-refractivity contribution in [3.8, 4) is 5.69 Å². The highest BCUT2D eigenvalue weighted by Gasteiger charge is 2.30. The number of carbonyl (C=O) groups excluding carboxylic acids is 1. The summed E-state index contributed by atoms with van der Waals surface area (Å²) in [5, 5.41) is 16.1. The van der Waals surface area contributed by atoms with Crippen molar-refractivity contribution < 1.29 is 13.9 Å². The van der Waals surface area contributed by atoms with Gasteiger partial charge < -0.3 is 10.1 Å². The second-order valence-electron chi connectivity index (χ2n) is 6.93. The number of hydrogen-bond acceptors (Lipinski definition) is 7. The third-order valence-electron chi connectivity index (χ3n) is 4.95. The van der Waals surface area contributed by atoms with Gasteiger partial charge in [0.2, 0.25) is 0 Å². The minimum atomic E-state index is -0.426. The van der Waals surface area contributed by atoms with E-state index in [-0.39, 0.29) is 18.6 Å². The molecular weight excluding hydrogens is 431 g/mol. The second kappa shape index (κ2) is 9.17. The highest BCUT2D eigenvalue weighted by Crippen LogP contribution is 2.31. The van der Waals surface area contributed by atoms with Gasteiger partial charge in [-0.3, -0.25) is 9.69 Å². The van der Waals surface area contributed by atoms with Crippen LogP contribution in [-0.4, -0.2) is 63.4 Å². The second-order valence-corrected chi connectivity index (χ2v) is 8.25. The first-order valence-corrected chi connectivity index (χ1v) is 10.7. The van der Waals surface area contributed by atoms with Crippen LogP contribution >= 0.6 is 22.9 Å². The molecule has 158 valence electrons. The first kappa shape index (κ1) is 20.9. The molecule has 0 spiro atoms. The Kier molecular flexibility index (Phi) is 6.38. The van der Waals surface area contributed by atoms with E-state index in [2.05, 4.69) is 25.7 Å². The summed E-state index contributed by atoms with van der Waals surface area (Å²) in [6, 6.07) is 5.96. The summed E-state index contributed by atoms with van der Waals surface area (Å²) in [7, 11) is 0. The molecule has 2 unspecified atom stereocenters. The van der Waals surface area contributed by atoms with E-state index >= 15 is 0 Å². The summed E-state index contributed by atoms with van der Waals surface area (Å²) < 4.78 is 21.8. The quantitative estimate of drug-likeness (QED) is 0.621. The minimum Gasteiger partial charge on any atom is -0.376 e. The van der Waals surface area contributed by atoms with Crippen LogP contribution in [0, 0.1) is 5.82 Å². The Bertz CT molecular complexity index is 994. The fourth-order valence-electron chi connectivity index (χ4n) is 3.57. The number of nitrogens with one attached hydrogen (secondary N) is 1. The Morgan fingerprint density at radius 3 is 3.07 bits per heavy atom. The molecule has 8 nitrogen and oxygen atoms in total. The monoisotopic (exact) mass is 450 g/mol. The lowest BCUT2D eigenvalue weighted by Crippen LogP contribution is -2.47. The van der Waals surface area contributed by atoms with Crippen molar-refractivity contribution in [3.63, 3.8) is 0 Å². The lowest BCUT2D eigenvalue weighted by molar-refractivity contribution is -0.0346. The van der Waals surface area contributed by atoms with Gasteiger partial charge in [0.1, 0.15) is 17.0 Å². The van der Waals surface area contributed by atoms with E-state index < -0.39 is 11.9 Å². The van der Waals surface area contributed by atoms with Crippen molar-refractivity contribution in [1.82, 2.24) is 30.4 Å². The van der Waals surface area contributed by atoms with E-state index in [1.54, 1.807) is 23.6 Å². The molecule has 2 aromatic heterocycles. The van der Waals surface area contributed by atoms with E-state index in [1.165, 1.54) is 28.4 Å². The Hall–Kier alpha value is -2.40. The molecule has 3 aromatic rings. The number of thiophene rings is 1. The lowest BCUT2D eigenvalue weighted by atomic mass is 10.0. The van der Waals surface area contributed by atoms with Crippen molar-refractivity contribution in [3.05, 3.63) is 57.3 Å². The summed E-state index contributed by atoms with van der Waals surface area (Å²) in [6.45, 7) is 3.92. The molecular formula is C19H20ClFN6O2S. The largest absolute Gasteiger partial charge is 0.376 e. The summed E-state index contributed by atoms with van der Waals surface area (Å²) in [5.41, 5.74) is 0.961. The summed E-state index contributed by atoms with van der Waals surface area (Å²) in [6.07, 6.45) is 1.43. The Morgan fingerprint density at radius 2 is 2.33 bits per heavy atom. The van der Waals surface area contributed by atoms with Crippen LogP contribution in [-0.2, 0) is 4.74 Å². The molecule has 1 aliphatic rings. The van der Waals surface area contributed by atoms with Gasteiger partial charge in [-0.1, -0.05) is 17.7 Å². The summed E-state index contributed by atoms with van der Waals surface area (Å²) in [4.78, 5) is 15.5. The fourth-order valence-corrected chi connectivity index (χ4v) is 4.65. The molecule has 1 fully saturated rings. The third kappa shape index (κ3) is 4.36. The van der Waals surface area contributed by atoms with Crippen molar-refractivity contribution in [2.45, 2.75) is 19.1 Å². The maximum Gasteiger partial charge on any atom is 0.263 e. The van der Waals surface area contributed by atoms with Crippen LogP contribution < -0.4 is 5.32 Å². The van der Waals surface area contributed by atoms with Crippen LogP contribution in [0.25, 0.3) is 5.69 Å². The number of tetrazole rings is 1. The SMILES string of the molecule is CC1CN(C(CNC(=O)c2sccc2-n2cnnn2)c2c(F)cccc2Cl)CCO1. The molecule has 1 N–H and O–H groups in total. The molecule has 30 heavy (non-hydrogen) atoms. The van der Waals surface area contributed by atoms with Crippen LogP contribution in [0.1, 0.15) is 28.2 Å². The Labute approximate surface area is 181 Å². The Balaban J connectivity index is 1.57. The van der Waals surface area contributed by atoms with Gasteiger partial charge in [-0.15, -0.1) is 16.4 Å². The van der Waals surface area contributed by atoms with Gasteiger partial charge in [-0.25, -0.2) is 4.39 Å². The molecule has 2 atom stereocenters. The molecule has 11 heteroatoms. The zero-order chi connectivity index (χ0) is 21.1. The van der Waals surface area contributed by atoms with Gasteiger partial charge in [0.15, 0.2) is 0 Å². The number of rotatable bonds is 6. The Morgan fingerprint density at radius 1 is 1.47 bits per heavy atom. The number of benzene rings is 1. The number of morpholine rings is 1. The van der Waals surface area contributed by atoms with Crippen LogP contribution in [0.2, 0.25) is 5.02 Å². The standard InChI is InChI=1S/C19H20ClFN6O2S/c1-12-10-26(6-7-29-12)16(17-13(20)3-2-4-14(17)21)9-22-19(28)18-15(5-8-30-18)27-11-23-24-25-27/h2-5,8,11-12,16H,6-7,9-10H2,1H3,(H,22,28). The van der Waals surface area contributed by atoms with Crippen LogP contribution in [0.5, 0.6) is 0 Å². The van der Waals surface area contributed by atoms with Crippen LogP contribution in [0.4, 0.5) is 4.39 Å². The normalized spacial score (nSPS) is 18.3. The molecule has 1 aliphatic heterocycles. The van der Waals surface area contributed by atoms with E-state index in [1.807, 2.05) is 6.92 Å².